The first-order valence-corrected chi connectivity index (χ1v) is 8.97. The Morgan fingerprint density at radius 2 is 2.15 bits per heavy atom. The van der Waals surface area contributed by atoms with E-state index in [1.54, 1.807) is 24.8 Å². The average molecular weight is 400 g/mol. The van der Waals surface area contributed by atoms with Crippen LogP contribution in [0.25, 0.3) is 0 Å². The molecule has 0 aliphatic carbocycles. The number of anilines is 1. The minimum Gasteiger partial charge on any atom is -0.377 e. The summed E-state index contributed by atoms with van der Waals surface area (Å²) in [6, 6.07) is 1.94. The van der Waals surface area contributed by atoms with Crippen molar-refractivity contribution in [1.29, 1.82) is 0 Å². The standard InChI is InChI=1S/C16H21N5O3S.ClH/c1-10-5-8-21(11-3-6-17-7-4-11)15(23)13(10)14(22)18-16-20-19-12(25-16)9-24-2;/h5,8,11,17H,3-4,6-7,9H2,1-2H3,(H,18,20,22);1H. The van der Waals surface area contributed by atoms with Crippen molar-refractivity contribution in [3.63, 3.8) is 0 Å². The van der Waals surface area contributed by atoms with Crippen LogP contribution in [0.4, 0.5) is 5.13 Å². The number of aryl methyl sites for hydroxylation is 1. The van der Waals surface area contributed by atoms with Gasteiger partial charge in [0.1, 0.15) is 17.2 Å². The van der Waals surface area contributed by atoms with Crippen molar-refractivity contribution in [2.45, 2.75) is 32.4 Å². The monoisotopic (exact) mass is 399 g/mol. The number of pyridine rings is 1. The highest BCUT2D eigenvalue weighted by atomic mass is 35.5. The lowest BCUT2D eigenvalue weighted by Crippen LogP contribution is -2.37. The maximum Gasteiger partial charge on any atom is 0.263 e. The van der Waals surface area contributed by atoms with Crippen molar-refractivity contribution in [3.8, 4) is 0 Å². The maximum atomic E-state index is 12.9. The fraction of sp³-hybridized carbons (Fsp3) is 0.500. The van der Waals surface area contributed by atoms with E-state index < -0.39 is 5.91 Å². The smallest absolute Gasteiger partial charge is 0.263 e. The first kappa shape index (κ1) is 20.5. The summed E-state index contributed by atoms with van der Waals surface area (Å²) in [5.74, 6) is -0.453. The first-order valence-electron chi connectivity index (χ1n) is 8.15. The Morgan fingerprint density at radius 3 is 2.85 bits per heavy atom. The van der Waals surface area contributed by atoms with Gasteiger partial charge in [-0.1, -0.05) is 11.3 Å². The van der Waals surface area contributed by atoms with Crippen LogP contribution in [0.2, 0.25) is 0 Å². The molecule has 0 saturated carbocycles. The van der Waals surface area contributed by atoms with Crippen LogP contribution in [-0.2, 0) is 11.3 Å². The number of hydrogen-bond donors (Lipinski definition) is 2. The largest absolute Gasteiger partial charge is 0.377 e. The van der Waals surface area contributed by atoms with Crippen molar-refractivity contribution in [2.75, 3.05) is 25.5 Å². The Morgan fingerprint density at radius 1 is 1.42 bits per heavy atom. The van der Waals surface area contributed by atoms with Gasteiger partial charge in [-0.05, 0) is 44.5 Å². The zero-order valence-corrected chi connectivity index (χ0v) is 16.3. The van der Waals surface area contributed by atoms with E-state index in [-0.39, 0.29) is 29.6 Å². The summed E-state index contributed by atoms with van der Waals surface area (Å²) in [4.78, 5) is 25.5. The lowest BCUT2D eigenvalue weighted by molar-refractivity contribution is 0.102. The van der Waals surface area contributed by atoms with Crippen LogP contribution >= 0.6 is 23.7 Å². The van der Waals surface area contributed by atoms with E-state index in [9.17, 15) is 9.59 Å². The van der Waals surface area contributed by atoms with Crippen LogP contribution in [0.1, 0.15) is 39.8 Å². The molecule has 1 aliphatic rings. The molecule has 0 aromatic carbocycles. The summed E-state index contributed by atoms with van der Waals surface area (Å²) in [6.07, 6.45) is 3.54. The van der Waals surface area contributed by atoms with E-state index in [1.165, 1.54) is 11.3 Å². The summed E-state index contributed by atoms with van der Waals surface area (Å²) in [6.45, 7) is 3.85. The zero-order valence-electron chi connectivity index (χ0n) is 14.7. The quantitative estimate of drug-likeness (QED) is 0.794. The van der Waals surface area contributed by atoms with Crippen molar-refractivity contribution in [1.82, 2.24) is 20.1 Å². The van der Waals surface area contributed by atoms with Crippen molar-refractivity contribution in [2.24, 2.45) is 0 Å². The molecular formula is C16H22ClN5O3S. The van der Waals surface area contributed by atoms with Gasteiger partial charge in [-0.2, -0.15) is 0 Å². The average Bonchev–Trinajstić information content (AvgIpc) is 3.03. The molecule has 0 bridgehead atoms. The molecule has 2 N–H and O–H groups in total. The number of rotatable bonds is 5. The Hall–Kier alpha value is -1.81. The third-order valence-electron chi connectivity index (χ3n) is 4.21. The molecule has 0 atom stereocenters. The van der Waals surface area contributed by atoms with Gasteiger partial charge in [0.25, 0.3) is 11.5 Å². The SMILES string of the molecule is COCc1nnc(NC(=O)c2c(C)ccn(C3CCNCC3)c2=O)s1.Cl. The number of amides is 1. The van der Waals surface area contributed by atoms with E-state index >= 15 is 0 Å². The Balaban J connectivity index is 0.00000243. The molecule has 10 heteroatoms. The van der Waals surface area contributed by atoms with E-state index in [0.29, 0.717) is 22.3 Å². The number of halogens is 1. The summed E-state index contributed by atoms with van der Waals surface area (Å²) in [7, 11) is 1.57. The van der Waals surface area contributed by atoms with E-state index in [0.717, 1.165) is 25.9 Å². The highest BCUT2D eigenvalue weighted by Crippen LogP contribution is 2.19. The number of methoxy groups -OCH3 is 1. The van der Waals surface area contributed by atoms with Crippen molar-refractivity contribution >= 4 is 34.8 Å². The molecule has 8 nitrogen and oxygen atoms in total. The molecule has 1 saturated heterocycles. The van der Waals surface area contributed by atoms with Gasteiger partial charge >= 0.3 is 0 Å². The molecule has 0 unspecified atom stereocenters. The molecule has 0 spiro atoms. The van der Waals surface area contributed by atoms with Crippen molar-refractivity contribution in [3.05, 3.63) is 38.8 Å². The highest BCUT2D eigenvalue weighted by molar-refractivity contribution is 7.15. The topological polar surface area (TPSA) is 98.1 Å². The molecule has 1 aliphatic heterocycles. The van der Waals surface area contributed by atoms with Gasteiger partial charge in [0.15, 0.2) is 0 Å². The fourth-order valence-corrected chi connectivity index (χ4v) is 3.64. The Kier molecular flexibility index (Phi) is 7.27. The summed E-state index contributed by atoms with van der Waals surface area (Å²) in [5, 5.41) is 14.8. The predicted molar refractivity (Wildman–Crippen MR) is 102 cm³/mol. The summed E-state index contributed by atoms with van der Waals surface area (Å²) >= 11 is 1.23. The first-order chi connectivity index (χ1) is 12.1. The van der Waals surface area contributed by atoms with E-state index in [1.807, 2.05) is 6.07 Å². The van der Waals surface area contributed by atoms with Crippen LogP contribution in [-0.4, -0.2) is 40.9 Å². The molecule has 3 rings (SSSR count). The molecule has 2 aromatic rings. The van der Waals surface area contributed by atoms with Crippen LogP contribution in [0.15, 0.2) is 17.1 Å². The lowest BCUT2D eigenvalue weighted by atomic mass is 10.0. The van der Waals surface area contributed by atoms with Gasteiger partial charge in [0, 0.05) is 19.3 Å². The lowest BCUT2D eigenvalue weighted by Gasteiger charge is -2.25. The maximum absolute atomic E-state index is 12.9. The molecular weight excluding hydrogens is 378 g/mol. The molecule has 2 aromatic heterocycles. The highest BCUT2D eigenvalue weighted by Gasteiger charge is 2.22. The predicted octanol–water partition coefficient (Wildman–Crippen LogP) is 1.75. The molecule has 1 fully saturated rings. The Bertz CT molecular complexity index is 816. The number of carbonyl (C=O) groups is 1. The fourth-order valence-electron chi connectivity index (χ4n) is 2.94. The van der Waals surface area contributed by atoms with Gasteiger partial charge in [0.2, 0.25) is 5.13 Å². The molecule has 26 heavy (non-hydrogen) atoms. The second kappa shape index (κ2) is 9.22. The number of nitrogens with one attached hydrogen (secondary N) is 2. The third-order valence-corrected chi connectivity index (χ3v) is 5.02. The number of piperidine rings is 1. The van der Waals surface area contributed by atoms with E-state index in [2.05, 4.69) is 20.8 Å². The normalized spacial score (nSPS) is 14.7. The third kappa shape index (κ3) is 4.47. The van der Waals surface area contributed by atoms with Crippen molar-refractivity contribution < 1.29 is 9.53 Å². The minimum absolute atomic E-state index is 0. The number of carbonyl (C=O) groups excluding carboxylic acids is 1. The zero-order chi connectivity index (χ0) is 17.8. The number of nitrogens with zero attached hydrogens (tertiary/aromatic N) is 3. The van der Waals surface area contributed by atoms with Gasteiger partial charge < -0.3 is 14.6 Å². The summed E-state index contributed by atoms with van der Waals surface area (Å²) < 4.78 is 6.67. The van der Waals surface area contributed by atoms with Crippen LogP contribution < -0.4 is 16.2 Å². The van der Waals surface area contributed by atoms with Crippen LogP contribution in [0.5, 0.6) is 0 Å². The molecule has 0 radical (unpaired) electrons. The molecule has 3 heterocycles. The molecule has 1 amide bonds. The van der Waals surface area contributed by atoms with Gasteiger partial charge in [-0.25, -0.2) is 0 Å². The second-order valence-electron chi connectivity index (χ2n) is 5.96. The van der Waals surface area contributed by atoms with Crippen LogP contribution in [0, 0.1) is 6.92 Å². The van der Waals surface area contributed by atoms with Gasteiger partial charge in [-0.3, -0.25) is 14.9 Å². The minimum atomic E-state index is -0.453. The number of ether oxygens (including phenoxy) is 1. The number of hydrogen-bond acceptors (Lipinski definition) is 7. The van der Waals surface area contributed by atoms with Gasteiger partial charge in [0.05, 0.1) is 0 Å². The summed E-state index contributed by atoms with van der Waals surface area (Å²) in [5.41, 5.74) is 0.546. The van der Waals surface area contributed by atoms with Crippen LogP contribution in [0.3, 0.4) is 0 Å². The van der Waals surface area contributed by atoms with Gasteiger partial charge in [-0.15, -0.1) is 22.6 Å². The molecule has 142 valence electrons. The number of aromatic nitrogens is 3. The van der Waals surface area contributed by atoms with E-state index in [4.69, 9.17) is 4.74 Å². The Labute approximate surface area is 161 Å². The second-order valence-corrected chi connectivity index (χ2v) is 7.02.